The molecular weight excluding hydrogens is 134 g/mol. The highest BCUT2D eigenvalue weighted by Crippen LogP contribution is 2.11. The Morgan fingerprint density at radius 3 is 2.78 bits per heavy atom. The Labute approximate surface area is 59.2 Å². The highest BCUT2D eigenvalue weighted by Gasteiger charge is 2.04. The molecule has 0 N–H and O–H groups in total. The van der Waals surface area contributed by atoms with Gasteiger partial charge in [0.05, 0.1) is 11.3 Å². The van der Waals surface area contributed by atoms with Gasteiger partial charge in [-0.1, -0.05) is 18.7 Å². The number of nitriles is 1. The molecule has 0 rings (SSSR count). The molecule has 1 unspecified atom stereocenters. The van der Waals surface area contributed by atoms with Crippen molar-refractivity contribution in [2.45, 2.75) is 25.5 Å². The maximum atomic E-state index is 10.6. The van der Waals surface area contributed by atoms with E-state index in [-0.39, 0.29) is 10.4 Å². The van der Waals surface area contributed by atoms with Crippen molar-refractivity contribution >= 4 is 16.9 Å². The topological polar surface area (TPSA) is 40.9 Å². The summed E-state index contributed by atoms with van der Waals surface area (Å²) in [5.74, 6) is 0. The number of thioether (sulfide) groups is 1. The molecule has 2 nitrogen and oxygen atoms in total. The predicted octanol–water partition coefficient (Wildman–Crippen LogP) is 1.57. The van der Waals surface area contributed by atoms with E-state index in [0.717, 1.165) is 11.8 Å². The molecule has 0 spiro atoms. The maximum Gasteiger partial charge on any atom is 0.189 e. The number of nitrogens with zero attached hydrogens (tertiary/aromatic N) is 1. The third-order valence-electron chi connectivity index (χ3n) is 0.779. The maximum absolute atomic E-state index is 10.6. The standard InChI is InChI=1S/C6H9NOS/c1-3-6(8)9-5(2)4-7/h5H,3H2,1-2H3. The summed E-state index contributed by atoms with van der Waals surface area (Å²) >= 11 is 1.10. The van der Waals surface area contributed by atoms with Gasteiger partial charge in [0.1, 0.15) is 0 Å². The third-order valence-corrected chi connectivity index (χ3v) is 1.79. The summed E-state index contributed by atoms with van der Waals surface area (Å²) in [7, 11) is 0. The highest BCUT2D eigenvalue weighted by molar-refractivity contribution is 8.14. The van der Waals surface area contributed by atoms with Gasteiger partial charge in [-0.2, -0.15) is 5.26 Å². The molecule has 0 aromatic heterocycles. The minimum absolute atomic E-state index is 0.0871. The first-order valence-corrected chi connectivity index (χ1v) is 3.67. The molecule has 0 saturated carbocycles. The van der Waals surface area contributed by atoms with Crippen LogP contribution in [0.3, 0.4) is 0 Å². The molecule has 1 atom stereocenters. The summed E-state index contributed by atoms with van der Waals surface area (Å²) in [5.41, 5.74) is 0. The molecule has 0 amide bonds. The van der Waals surface area contributed by atoms with Crippen LogP contribution in [0.4, 0.5) is 0 Å². The van der Waals surface area contributed by atoms with Gasteiger partial charge < -0.3 is 0 Å². The van der Waals surface area contributed by atoms with Crippen molar-refractivity contribution in [3.63, 3.8) is 0 Å². The second-order valence-corrected chi connectivity index (χ2v) is 3.01. The summed E-state index contributed by atoms with van der Waals surface area (Å²) in [6.07, 6.45) is 0.511. The summed E-state index contributed by atoms with van der Waals surface area (Å²) in [6.45, 7) is 3.51. The second kappa shape index (κ2) is 4.39. The van der Waals surface area contributed by atoms with Gasteiger partial charge in [-0.3, -0.25) is 4.79 Å². The van der Waals surface area contributed by atoms with Crippen LogP contribution in [0.15, 0.2) is 0 Å². The minimum Gasteiger partial charge on any atom is -0.287 e. The van der Waals surface area contributed by atoms with Gasteiger partial charge in [-0.15, -0.1) is 0 Å². The van der Waals surface area contributed by atoms with E-state index in [2.05, 4.69) is 0 Å². The van der Waals surface area contributed by atoms with Gasteiger partial charge in [0.2, 0.25) is 0 Å². The molecule has 0 heterocycles. The Morgan fingerprint density at radius 1 is 1.89 bits per heavy atom. The third kappa shape index (κ3) is 4.04. The average Bonchev–Trinajstić information content (AvgIpc) is 1.87. The Hall–Kier alpha value is -0.490. The molecule has 0 aliphatic carbocycles. The molecule has 0 saturated heterocycles. The van der Waals surface area contributed by atoms with E-state index >= 15 is 0 Å². The average molecular weight is 143 g/mol. The van der Waals surface area contributed by atoms with Crippen molar-refractivity contribution < 1.29 is 4.79 Å². The Bertz CT molecular complexity index is 138. The fraction of sp³-hybridized carbons (Fsp3) is 0.667. The quantitative estimate of drug-likeness (QED) is 0.589. The van der Waals surface area contributed by atoms with Gasteiger partial charge in [-0.25, -0.2) is 0 Å². The van der Waals surface area contributed by atoms with Crippen LogP contribution < -0.4 is 0 Å². The van der Waals surface area contributed by atoms with Crippen LogP contribution in [0.1, 0.15) is 20.3 Å². The van der Waals surface area contributed by atoms with Crippen molar-refractivity contribution in [1.82, 2.24) is 0 Å². The van der Waals surface area contributed by atoms with Crippen LogP contribution >= 0.6 is 11.8 Å². The van der Waals surface area contributed by atoms with Crippen LogP contribution in [0.2, 0.25) is 0 Å². The zero-order valence-electron chi connectivity index (χ0n) is 5.55. The van der Waals surface area contributed by atoms with Crippen molar-refractivity contribution in [2.75, 3.05) is 0 Å². The summed E-state index contributed by atoms with van der Waals surface area (Å²) < 4.78 is 0. The van der Waals surface area contributed by atoms with Crippen molar-refractivity contribution in [1.29, 1.82) is 5.26 Å². The lowest BCUT2D eigenvalue weighted by atomic mass is 10.5. The van der Waals surface area contributed by atoms with Gasteiger partial charge in [-0.05, 0) is 6.92 Å². The van der Waals surface area contributed by atoms with Crippen LogP contribution in [0, 0.1) is 11.3 Å². The smallest absolute Gasteiger partial charge is 0.189 e. The number of rotatable bonds is 2. The number of carbonyl (C=O) groups is 1. The molecular formula is C6H9NOS. The van der Waals surface area contributed by atoms with Crippen LogP contribution in [0.5, 0.6) is 0 Å². The molecule has 0 aliphatic heterocycles. The Balaban J connectivity index is 3.50. The zero-order chi connectivity index (χ0) is 7.28. The molecule has 50 valence electrons. The van der Waals surface area contributed by atoms with E-state index in [9.17, 15) is 4.79 Å². The lowest BCUT2D eigenvalue weighted by molar-refractivity contribution is -0.110. The van der Waals surface area contributed by atoms with Crippen molar-refractivity contribution in [3.05, 3.63) is 0 Å². The lowest BCUT2D eigenvalue weighted by Crippen LogP contribution is -1.97. The van der Waals surface area contributed by atoms with Gasteiger partial charge in [0.25, 0.3) is 0 Å². The monoisotopic (exact) mass is 143 g/mol. The SMILES string of the molecule is CCC(=O)SC(C)C#N. The molecule has 0 aromatic rings. The van der Waals surface area contributed by atoms with E-state index in [4.69, 9.17) is 5.26 Å². The predicted molar refractivity (Wildman–Crippen MR) is 38.0 cm³/mol. The zero-order valence-corrected chi connectivity index (χ0v) is 6.36. The normalized spacial score (nSPS) is 12.1. The molecule has 9 heavy (non-hydrogen) atoms. The number of hydrogen-bond acceptors (Lipinski definition) is 3. The van der Waals surface area contributed by atoms with Crippen LogP contribution in [-0.2, 0) is 4.79 Å². The lowest BCUT2D eigenvalue weighted by Gasteiger charge is -1.95. The highest BCUT2D eigenvalue weighted by atomic mass is 32.2. The Morgan fingerprint density at radius 2 is 2.44 bits per heavy atom. The van der Waals surface area contributed by atoms with E-state index in [1.165, 1.54) is 0 Å². The molecule has 0 radical (unpaired) electrons. The first-order chi connectivity index (χ1) is 4.20. The summed E-state index contributed by atoms with van der Waals surface area (Å²) in [5, 5.41) is 8.15. The van der Waals surface area contributed by atoms with Crippen LogP contribution in [-0.4, -0.2) is 10.4 Å². The molecule has 3 heteroatoms. The number of carbonyl (C=O) groups excluding carboxylic acids is 1. The van der Waals surface area contributed by atoms with Gasteiger partial charge in [0, 0.05) is 6.42 Å². The second-order valence-electron chi connectivity index (χ2n) is 1.61. The molecule has 0 aromatic carbocycles. The van der Waals surface area contributed by atoms with Crippen molar-refractivity contribution in [3.8, 4) is 6.07 Å². The van der Waals surface area contributed by atoms with Gasteiger partial charge >= 0.3 is 0 Å². The van der Waals surface area contributed by atoms with E-state index in [1.54, 1.807) is 13.8 Å². The van der Waals surface area contributed by atoms with E-state index in [1.807, 2.05) is 6.07 Å². The molecule has 0 aliphatic rings. The fourth-order valence-electron chi connectivity index (χ4n) is 0.307. The first-order valence-electron chi connectivity index (χ1n) is 2.79. The molecule has 0 fully saturated rings. The first kappa shape index (κ1) is 8.51. The fourth-order valence-corrected chi connectivity index (χ4v) is 0.921. The number of hydrogen-bond donors (Lipinski definition) is 0. The largest absolute Gasteiger partial charge is 0.287 e. The summed E-state index contributed by atoms with van der Waals surface area (Å²) in [6, 6.07) is 1.97. The van der Waals surface area contributed by atoms with Crippen LogP contribution in [0.25, 0.3) is 0 Å². The van der Waals surface area contributed by atoms with Crippen molar-refractivity contribution in [2.24, 2.45) is 0 Å². The minimum atomic E-state index is -0.197. The van der Waals surface area contributed by atoms with Gasteiger partial charge in [0.15, 0.2) is 5.12 Å². The van der Waals surface area contributed by atoms with E-state index < -0.39 is 0 Å². The Kier molecular flexibility index (Phi) is 4.16. The van der Waals surface area contributed by atoms with E-state index in [0.29, 0.717) is 6.42 Å². The molecule has 0 bridgehead atoms. The summed E-state index contributed by atoms with van der Waals surface area (Å²) in [4.78, 5) is 10.6.